The average molecular weight is 415 g/mol. The molecule has 0 saturated carbocycles. The number of rotatable bonds is 4. The Balaban J connectivity index is 0.000000807. The maximum absolute atomic E-state index is 8.90. The van der Waals surface area contributed by atoms with Gasteiger partial charge in [-0.15, -0.1) is 0 Å². The predicted octanol–water partition coefficient (Wildman–Crippen LogP) is 4.98. The lowest BCUT2D eigenvalue weighted by molar-refractivity contribution is -0.0979. The van der Waals surface area contributed by atoms with E-state index in [1.807, 2.05) is 81.6 Å². The lowest BCUT2D eigenvalue weighted by atomic mass is 10.1. The maximum atomic E-state index is 8.90. The zero-order chi connectivity index (χ0) is 22.8. The summed E-state index contributed by atoms with van der Waals surface area (Å²) in [6.45, 7) is 10.6. The number of carbonyl (C=O) groups is 1. The number of benzene rings is 2. The van der Waals surface area contributed by atoms with E-state index < -0.39 is 0 Å². The predicted molar refractivity (Wildman–Crippen MR) is 119 cm³/mol. The molecule has 0 aliphatic carbocycles. The van der Waals surface area contributed by atoms with E-state index >= 15 is 0 Å². The smallest absolute Gasteiger partial charge is 0.278 e. The molecule has 4 rings (SSSR count). The van der Waals surface area contributed by atoms with E-state index in [0.29, 0.717) is 29.5 Å². The van der Waals surface area contributed by atoms with Crippen molar-refractivity contribution in [3.8, 4) is 29.0 Å². The summed E-state index contributed by atoms with van der Waals surface area (Å²) in [5.74, 6) is 0.941. The van der Waals surface area contributed by atoms with Crippen molar-refractivity contribution >= 4 is 6.79 Å². The van der Waals surface area contributed by atoms with Gasteiger partial charge in [0.1, 0.15) is 6.79 Å². The molecule has 0 atom stereocenters. The van der Waals surface area contributed by atoms with Gasteiger partial charge in [-0.3, -0.25) is 4.68 Å². The molecule has 0 fully saturated rings. The molecule has 0 saturated heterocycles. The summed E-state index contributed by atoms with van der Waals surface area (Å²) in [4.78, 5) is 12.5. The van der Waals surface area contributed by atoms with E-state index in [9.17, 15) is 0 Å². The van der Waals surface area contributed by atoms with E-state index in [1.54, 1.807) is 12.1 Å². The van der Waals surface area contributed by atoms with Crippen molar-refractivity contribution in [2.45, 2.75) is 34.2 Å². The summed E-state index contributed by atoms with van der Waals surface area (Å²) in [7, 11) is 0. The van der Waals surface area contributed by atoms with Crippen molar-refractivity contribution in [2.24, 2.45) is 0 Å². The molecule has 7 nitrogen and oxygen atoms in total. The highest BCUT2D eigenvalue weighted by Crippen LogP contribution is 2.22. The minimum atomic E-state index is 0.396. The highest BCUT2D eigenvalue weighted by Gasteiger charge is 2.15. The van der Waals surface area contributed by atoms with Gasteiger partial charge in [0, 0.05) is 11.3 Å². The summed E-state index contributed by atoms with van der Waals surface area (Å²) in [5.41, 5.74) is 5.43. The molecule has 0 amide bonds. The minimum Gasteiger partial charge on any atom is -0.332 e. The standard InChI is InChI=1S/C21H17N5O.C2H6.CH2O/c1-14-3-9-18(10-4-14)20-23-21(27-25-20)19-11-15(2)26(24-19)13-17-7-5-16(12-22)6-8-17;2*1-2/h3-11H,13H2,1-2H3;1-2H3;1H2. The van der Waals surface area contributed by atoms with Crippen LogP contribution in [0.3, 0.4) is 0 Å². The fourth-order valence-electron chi connectivity index (χ4n) is 2.78. The molecule has 158 valence electrons. The van der Waals surface area contributed by atoms with Gasteiger partial charge in [-0.25, -0.2) is 0 Å². The fourth-order valence-corrected chi connectivity index (χ4v) is 2.78. The number of nitrogens with zero attached hydrogens (tertiary/aromatic N) is 5. The molecule has 4 aromatic rings. The molecular weight excluding hydrogens is 390 g/mol. The highest BCUT2D eigenvalue weighted by atomic mass is 16.5. The Morgan fingerprint density at radius 2 is 1.68 bits per heavy atom. The number of aromatic nitrogens is 4. The molecule has 2 aromatic heterocycles. The number of hydrogen-bond acceptors (Lipinski definition) is 6. The summed E-state index contributed by atoms with van der Waals surface area (Å²) >= 11 is 0. The van der Waals surface area contributed by atoms with E-state index in [0.717, 1.165) is 16.8 Å². The number of carbonyl (C=O) groups excluding carboxylic acids is 1. The van der Waals surface area contributed by atoms with E-state index in [4.69, 9.17) is 14.6 Å². The molecule has 0 unspecified atom stereocenters. The third kappa shape index (κ3) is 5.73. The van der Waals surface area contributed by atoms with Gasteiger partial charge >= 0.3 is 0 Å². The Morgan fingerprint density at radius 1 is 1.03 bits per heavy atom. The molecule has 0 spiro atoms. The molecule has 0 N–H and O–H groups in total. The Hall–Kier alpha value is -4.05. The second-order valence-electron chi connectivity index (χ2n) is 6.43. The van der Waals surface area contributed by atoms with Crippen molar-refractivity contribution in [3.63, 3.8) is 0 Å². The third-order valence-electron chi connectivity index (χ3n) is 4.35. The average Bonchev–Trinajstić information content (AvgIpc) is 3.45. The van der Waals surface area contributed by atoms with Gasteiger partial charge in [0.05, 0.1) is 18.2 Å². The van der Waals surface area contributed by atoms with Crippen LogP contribution >= 0.6 is 0 Å². The van der Waals surface area contributed by atoms with Gasteiger partial charge in [-0.1, -0.05) is 61.0 Å². The SMILES string of the molecule is C=O.CC.Cc1ccc(-c2noc(-c3cc(C)n(Cc4ccc(C#N)cc4)n3)n2)cc1. The second-order valence-corrected chi connectivity index (χ2v) is 6.43. The zero-order valence-corrected chi connectivity index (χ0v) is 18.2. The van der Waals surface area contributed by atoms with Crippen molar-refractivity contribution in [2.75, 3.05) is 0 Å². The molecule has 0 aliphatic rings. The molecule has 0 radical (unpaired) electrons. The topological polar surface area (TPSA) is 97.6 Å². The van der Waals surface area contributed by atoms with E-state index in [1.165, 1.54) is 5.56 Å². The normalized spacial score (nSPS) is 9.65. The number of aryl methyl sites for hydroxylation is 2. The van der Waals surface area contributed by atoms with Crippen LogP contribution in [-0.4, -0.2) is 26.7 Å². The van der Waals surface area contributed by atoms with Crippen LogP contribution in [0.1, 0.15) is 36.2 Å². The van der Waals surface area contributed by atoms with Crippen LogP contribution < -0.4 is 0 Å². The van der Waals surface area contributed by atoms with Gasteiger partial charge in [0.2, 0.25) is 5.82 Å². The van der Waals surface area contributed by atoms with Crippen LogP contribution in [0, 0.1) is 25.2 Å². The molecular formula is C24H25N5O2. The number of hydrogen-bond donors (Lipinski definition) is 0. The first-order chi connectivity index (χ1) is 15.1. The highest BCUT2D eigenvalue weighted by molar-refractivity contribution is 5.58. The minimum absolute atomic E-state index is 0.396. The van der Waals surface area contributed by atoms with Crippen LogP contribution in [0.4, 0.5) is 0 Å². The van der Waals surface area contributed by atoms with Crippen LogP contribution in [0.2, 0.25) is 0 Å². The monoisotopic (exact) mass is 415 g/mol. The Bertz CT molecular complexity index is 1140. The first kappa shape index (κ1) is 23.2. The first-order valence-electron chi connectivity index (χ1n) is 9.86. The summed E-state index contributed by atoms with van der Waals surface area (Å²) in [5, 5.41) is 17.6. The zero-order valence-electron chi connectivity index (χ0n) is 18.2. The first-order valence-corrected chi connectivity index (χ1v) is 9.86. The van der Waals surface area contributed by atoms with Crippen LogP contribution in [-0.2, 0) is 11.3 Å². The fraction of sp³-hybridized carbons (Fsp3) is 0.208. The van der Waals surface area contributed by atoms with Gasteiger partial charge in [0.25, 0.3) is 5.89 Å². The lowest BCUT2D eigenvalue weighted by Gasteiger charge is -2.04. The summed E-state index contributed by atoms with van der Waals surface area (Å²) < 4.78 is 7.29. The van der Waals surface area contributed by atoms with Crippen molar-refractivity contribution in [1.82, 2.24) is 19.9 Å². The summed E-state index contributed by atoms with van der Waals surface area (Å²) in [6, 6.07) is 19.5. The molecule has 2 aromatic carbocycles. The molecule has 0 aliphatic heterocycles. The van der Waals surface area contributed by atoms with Crippen LogP contribution in [0.15, 0.2) is 59.1 Å². The molecule has 2 heterocycles. The van der Waals surface area contributed by atoms with E-state index in [2.05, 4.69) is 21.3 Å². The lowest BCUT2D eigenvalue weighted by Crippen LogP contribution is -2.03. The summed E-state index contributed by atoms with van der Waals surface area (Å²) in [6.07, 6.45) is 0. The van der Waals surface area contributed by atoms with Gasteiger partial charge in [-0.05, 0) is 37.6 Å². The van der Waals surface area contributed by atoms with E-state index in [-0.39, 0.29) is 0 Å². The number of nitriles is 1. The van der Waals surface area contributed by atoms with Crippen LogP contribution in [0.5, 0.6) is 0 Å². The molecule has 0 bridgehead atoms. The molecule has 31 heavy (non-hydrogen) atoms. The quantitative estimate of drug-likeness (QED) is 0.466. The molecule has 7 heteroatoms. The Kier molecular flexibility index (Phi) is 8.41. The maximum Gasteiger partial charge on any atom is 0.278 e. The van der Waals surface area contributed by atoms with Gasteiger partial charge in [-0.2, -0.15) is 15.3 Å². The van der Waals surface area contributed by atoms with Gasteiger partial charge in [0.15, 0.2) is 5.69 Å². The van der Waals surface area contributed by atoms with Crippen molar-refractivity contribution in [1.29, 1.82) is 5.26 Å². The van der Waals surface area contributed by atoms with Crippen molar-refractivity contribution in [3.05, 3.63) is 77.0 Å². The second kappa shape index (κ2) is 11.2. The van der Waals surface area contributed by atoms with Crippen molar-refractivity contribution < 1.29 is 9.32 Å². The van der Waals surface area contributed by atoms with Gasteiger partial charge < -0.3 is 9.32 Å². The Labute approximate surface area is 182 Å². The Morgan fingerprint density at radius 3 is 2.29 bits per heavy atom. The van der Waals surface area contributed by atoms with Crippen LogP contribution in [0.25, 0.3) is 23.0 Å². The largest absolute Gasteiger partial charge is 0.332 e. The third-order valence-corrected chi connectivity index (χ3v) is 4.35.